The van der Waals surface area contributed by atoms with E-state index >= 15 is 0 Å². The van der Waals surface area contributed by atoms with Gasteiger partial charge in [-0.2, -0.15) is 4.98 Å². The van der Waals surface area contributed by atoms with Crippen LogP contribution in [0.1, 0.15) is 26.6 Å². The van der Waals surface area contributed by atoms with E-state index in [2.05, 4.69) is 21.6 Å². The van der Waals surface area contributed by atoms with Crippen molar-refractivity contribution in [2.45, 2.75) is 19.9 Å². The van der Waals surface area contributed by atoms with Crippen molar-refractivity contribution in [3.05, 3.63) is 57.5 Å². The van der Waals surface area contributed by atoms with Gasteiger partial charge in [-0.15, -0.1) is 11.3 Å². The minimum absolute atomic E-state index is 0.0649. The van der Waals surface area contributed by atoms with Crippen LogP contribution < -0.4 is 0 Å². The zero-order valence-corrected chi connectivity index (χ0v) is 13.5. The summed E-state index contributed by atoms with van der Waals surface area (Å²) in [4.78, 5) is 20.2. The Bertz CT molecular complexity index is 851. The monoisotopic (exact) mass is 325 g/mol. The number of carbonyl (C=O) groups excluding carboxylic acids is 1. The van der Waals surface area contributed by atoms with Crippen molar-refractivity contribution in [3.8, 4) is 11.5 Å². The van der Waals surface area contributed by atoms with Crippen LogP contribution in [0.3, 0.4) is 0 Å². The summed E-state index contributed by atoms with van der Waals surface area (Å²) in [5.74, 6) is 1.14. The van der Waals surface area contributed by atoms with Crippen molar-refractivity contribution >= 4 is 17.2 Å². The van der Waals surface area contributed by atoms with Crippen molar-refractivity contribution in [1.29, 1.82) is 0 Å². The van der Waals surface area contributed by atoms with E-state index in [1.54, 1.807) is 18.3 Å². The van der Waals surface area contributed by atoms with Crippen molar-refractivity contribution < 1.29 is 9.32 Å². The van der Waals surface area contributed by atoms with Gasteiger partial charge in [0.05, 0.1) is 0 Å². The van der Waals surface area contributed by atoms with Crippen molar-refractivity contribution in [1.82, 2.24) is 15.0 Å². The zero-order valence-electron chi connectivity index (χ0n) is 12.7. The number of thiophene rings is 1. The molecule has 0 saturated carbocycles. The molecule has 1 aliphatic heterocycles. The highest BCUT2D eigenvalue weighted by molar-refractivity contribution is 7.10. The highest BCUT2D eigenvalue weighted by Gasteiger charge is 2.22. The first-order valence-corrected chi connectivity index (χ1v) is 8.34. The number of hydrogen-bond donors (Lipinski definition) is 0. The predicted molar refractivity (Wildman–Crippen MR) is 87.2 cm³/mol. The molecule has 5 nitrogen and oxygen atoms in total. The number of amides is 1. The molecule has 6 heteroatoms. The summed E-state index contributed by atoms with van der Waals surface area (Å²) in [5, 5.41) is 5.88. The molecule has 2 aromatic heterocycles. The van der Waals surface area contributed by atoms with Gasteiger partial charge in [0.2, 0.25) is 0 Å². The van der Waals surface area contributed by atoms with Gasteiger partial charge in [0.1, 0.15) is 0 Å². The molecule has 0 radical (unpaired) electrons. The maximum Gasteiger partial charge on any atom is 0.257 e. The topological polar surface area (TPSA) is 59.2 Å². The molecule has 1 aromatic carbocycles. The zero-order chi connectivity index (χ0) is 15.8. The summed E-state index contributed by atoms with van der Waals surface area (Å²) in [6.45, 7) is 3.25. The van der Waals surface area contributed by atoms with Gasteiger partial charge in [0.15, 0.2) is 5.82 Å². The lowest BCUT2D eigenvalue weighted by molar-refractivity contribution is 0.0736. The highest BCUT2D eigenvalue weighted by atomic mass is 32.1. The van der Waals surface area contributed by atoms with E-state index in [1.807, 2.05) is 29.2 Å². The van der Waals surface area contributed by atoms with Gasteiger partial charge in [0, 0.05) is 29.1 Å². The summed E-state index contributed by atoms with van der Waals surface area (Å²) >= 11 is 1.78. The highest BCUT2D eigenvalue weighted by Crippen LogP contribution is 2.25. The van der Waals surface area contributed by atoms with Crippen LogP contribution in [0.5, 0.6) is 0 Å². The second-order valence-electron chi connectivity index (χ2n) is 5.57. The first kappa shape index (κ1) is 14.1. The van der Waals surface area contributed by atoms with Gasteiger partial charge < -0.3 is 9.42 Å². The summed E-state index contributed by atoms with van der Waals surface area (Å²) in [6.07, 6.45) is 0.943. The maximum atomic E-state index is 12.7. The SMILES string of the molecule is Cc1noc(-c2ccc(C(=O)N3CCc4sccc4C3)cc2)n1. The van der Waals surface area contributed by atoms with E-state index in [0.29, 0.717) is 23.8 Å². The van der Waals surface area contributed by atoms with E-state index in [1.165, 1.54) is 10.4 Å². The molecule has 3 aromatic rings. The number of carbonyl (C=O) groups is 1. The summed E-state index contributed by atoms with van der Waals surface area (Å²) in [6, 6.07) is 9.45. The molecule has 0 fully saturated rings. The van der Waals surface area contributed by atoms with Gasteiger partial charge in [-0.25, -0.2) is 0 Å². The third kappa shape index (κ3) is 2.66. The number of fused-ring (bicyclic) bond motifs is 1. The molecule has 0 unspecified atom stereocenters. The fourth-order valence-corrected chi connectivity index (χ4v) is 3.66. The van der Waals surface area contributed by atoms with Gasteiger partial charge in [0.25, 0.3) is 11.8 Å². The molecule has 1 aliphatic rings. The Morgan fingerprint density at radius 1 is 1.26 bits per heavy atom. The number of rotatable bonds is 2. The lowest BCUT2D eigenvalue weighted by atomic mass is 10.1. The fourth-order valence-electron chi connectivity index (χ4n) is 2.77. The van der Waals surface area contributed by atoms with Crippen LogP contribution in [-0.4, -0.2) is 27.5 Å². The van der Waals surface area contributed by atoms with Crippen molar-refractivity contribution in [2.24, 2.45) is 0 Å². The Kier molecular flexibility index (Phi) is 3.46. The largest absolute Gasteiger partial charge is 0.334 e. The molecule has 0 saturated heterocycles. The second-order valence-corrected chi connectivity index (χ2v) is 6.57. The molecule has 23 heavy (non-hydrogen) atoms. The van der Waals surface area contributed by atoms with Crippen LogP contribution >= 0.6 is 11.3 Å². The standard InChI is InChI=1S/C17H15N3O2S/c1-11-18-16(22-19-11)12-2-4-13(5-3-12)17(21)20-8-6-15-14(10-20)7-9-23-15/h2-5,7,9H,6,8,10H2,1H3. The molecule has 0 N–H and O–H groups in total. The van der Waals surface area contributed by atoms with Crippen molar-refractivity contribution in [2.75, 3.05) is 6.54 Å². The fraction of sp³-hybridized carbons (Fsp3) is 0.235. The first-order chi connectivity index (χ1) is 11.2. The third-order valence-electron chi connectivity index (χ3n) is 4.00. The van der Waals surface area contributed by atoms with E-state index in [-0.39, 0.29) is 5.91 Å². The Hall–Kier alpha value is -2.47. The molecular weight excluding hydrogens is 310 g/mol. The van der Waals surface area contributed by atoms with E-state index in [4.69, 9.17) is 4.52 Å². The van der Waals surface area contributed by atoms with Crippen molar-refractivity contribution in [3.63, 3.8) is 0 Å². The average Bonchev–Trinajstić information content (AvgIpc) is 3.22. The van der Waals surface area contributed by atoms with E-state index in [9.17, 15) is 4.79 Å². The van der Waals surface area contributed by atoms with Crippen LogP contribution in [-0.2, 0) is 13.0 Å². The molecule has 1 amide bonds. The first-order valence-electron chi connectivity index (χ1n) is 7.46. The molecule has 0 atom stereocenters. The number of nitrogens with zero attached hydrogens (tertiary/aromatic N) is 3. The molecule has 116 valence electrons. The Balaban J connectivity index is 1.53. The van der Waals surface area contributed by atoms with Gasteiger partial charge in [-0.3, -0.25) is 4.79 Å². The van der Waals surface area contributed by atoms with E-state index < -0.39 is 0 Å². The van der Waals surface area contributed by atoms with Crippen LogP contribution in [0.2, 0.25) is 0 Å². The van der Waals surface area contributed by atoms with Crippen LogP contribution in [0, 0.1) is 6.92 Å². The number of aryl methyl sites for hydroxylation is 1. The molecule has 4 rings (SSSR count). The van der Waals surface area contributed by atoms with Crippen LogP contribution in [0.15, 0.2) is 40.2 Å². The average molecular weight is 325 g/mol. The molecule has 0 aliphatic carbocycles. The van der Waals surface area contributed by atoms with Gasteiger partial charge in [-0.05, 0) is 54.6 Å². The number of aromatic nitrogens is 2. The minimum atomic E-state index is 0.0649. The summed E-state index contributed by atoms with van der Waals surface area (Å²) < 4.78 is 5.14. The molecule has 0 bridgehead atoms. The van der Waals surface area contributed by atoms with Gasteiger partial charge >= 0.3 is 0 Å². The Morgan fingerprint density at radius 3 is 2.83 bits per heavy atom. The predicted octanol–water partition coefficient (Wildman–Crippen LogP) is 3.31. The normalized spacial score (nSPS) is 13.9. The maximum absolute atomic E-state index is 12.7. The lowest BCUT2D eigenvalue weighted by Crippen LogP contribution is -2.35. The Labute approximate surface area is 137 Å². The molecule has 3 heterocycles. The van der Waals surface area contributed by atoms with Crippen LogP contribution in [0.4, 0.5) is 0 Å². The number of hydrogen-bond acceptors (Lipinski definition) is 5. The van der Waals surface area contributed by atoms with Gasteiger partial charge in [-0.1, -0.05) is 5.16 Å². The molecular formula is C17H15N3O2S. The lowest BCUT2D eigenvalue weighted by Gasteiger charge is -2.27. The number of benzene rings is 1. The molecule has 0 spiro atoms. The van der Waals surface area contributed by atoms with E-state index in [0.717, 1.165) is 18.5 Å². The third-order valence-corrected chi connectivity index (χ3v) is 5.02. The smallest absolute Gasteiger partial charge is 0.257 e. The Morgan fingerprint density at radius 2 is 2.09 bits per heavy atom. The quantitative estimate of drug-likeness (QED) is 0.725. The van der Waals surface area contributed by atoms with Crippen LogP contribution in [0.25, 0.3) is 11.5 Å². The minimum Gasteiger partial charge on any atom is -0.334 e. The summed E-state index contributed by atoms with van der Waals surface area (Å²) in [5.41, 5.74) is 2.78. The second kappa shape index (κ2) is 5.62. The summed E-state index contributed by atoms with van der Waals surface area (Å²) in [7, 11) is 0.